The van der Waals surface area contributed by atoms with Crippen molar-refractivity contribution >= 4 is 23.3 Å². The predicted molar refractivity (Wildman–Crippen MR) is 84.8 cm³/mol. The highest BCUT2D eigenvalue weighted by molar-refractivity contribution is 7.71. The highest BCUT2D eigenvalue weighted by Gasteiger charge is 2.18. The van der Waals surface area contributed by atoms with Gasteiger partial charge in [-0.2, -0.15) is 0 Å². The summed E-state index contributed by atoms with van der Waals surface area (Å²) in [5, 5.41) is 0. The molecule has 0 spiro atoms. The Labute approximate surface area is 125 Å². The Kier molecular flexibility index (Phi) is 3.83. The average Bonchev–Trinajstić information content (AvgIpc) is 3.00. The Morgan fingerprint density at radius 3 is 2.80 bits per heavy atom. The summed E-state index contributed by atoms with van der Waals surface area (Å²) in [6, 6.07) is 6.19. The lowest BCUT2D eigenvalue weighted by Gasteiger charge is -2.12. The number of hydrogen-bond donors (Lipinski definition) is 1. The van der Waals surface area contributed by atoms with Crippen molar-refractivity contribution in [2.45, 2.75) is 52.2 Å². The minimum atomic E-state index is 0.167. The monoisotopic (exact) mass is 290 g/mol. The highest BCUT2D eigenvalue weighted by atomic mass is 32.1. The number of para-hydroxylation sites is 1. The maximum atomic E-state index is 5.87. The van der Waals surface area contributed by atoms with E-state index in [0.29, 0.717) is 0 Å². The molecule has 3 nitrogen and oxygen atoms in total. The topological polar surface area (TPSA) is 29.9 Å². The van der Waals surface area contributed by atoms with Crippen LogP contribution in [-0.2, 0) is 6.54 Å². The summed E-state index contributed by atoms with van der Waals surface area (Å²) in [6.45, 7) is 5.12. The van der Waals surface area contributed by atoms with Crippen molar-refractivity contribution in [2.24, 2.45) is 5.92 Å². The Morgan fingerprint density at radius 2 is 2.10 bits per heavy atom. The summed E-state index contributed by atoms with van der Waals surface area (Å²) in [7, 11) is 0. The largest absolute Gasteiger partial charge is 0.489 e. The van der Waals surface area contributed by atoms with Crippen molar-refractivity contribution in [1.29, 1.82) is 0 Å². The number of fused-ring (bicyclic) bond motifs is 1. The molecule has 1 saturated carbocycles. The number of imidazole rings is 1. The Bertz CT molecular complexity index is 650. The summed E-state index contributed by atoms with van der Waals surface area (Å²) in [5.74, 6) is 1.67. The molecule has 0 bridgehead atoms. The van der Waals surface area contributed by atoms with Gasteiger partial charge in [0.1, 0.15) is 11.3 Å². The number of rotatable bonds is 4. The van der Waals surface area contributed by atoms with Crippen LogP contribution in [0.4, 0.5) is 0 Å². The van der Waals surface area contributed by atoms with Crippen LogP contribution in [0, 0.1) is 10.7 Å². The van der Waals surface area contributed by atoms with Crippen LogP contribution in [0.25, 0.3) is 11.0 Å². The van der Waals surface area contributed by atoms with E-state index in [1.165, 1.54) is 31.2 Å². The first kappa shape index (κ1) is 13.7. The van der Waals surface area contributed by atoms with E-state index in [2.05, 4.69) is 15.6 Å². The SMILES string of the molecule is CC(C)Oc1cccc2c1[nH]c(=S)n2CC1CCCC1. The van der Waals surface area contributed by atoms with Gasteiger partial charge in [-0.3, -0.25) is 0 Å². The van der Waals surface area contributed by atoms with Crippen molar-refractivity contribution in [2.75, 3.05) is 0 Å². The number of aromatic amines is 1. The van der Waals surface area contributed by atoms with Crippen molar-refractivity contribution in [1.82, 2.24) is 9.55 Å². The lowest BCUT2D eigenvalue weighted by atomic mass is 10.1. The van der Waals surface area contributed by atoms with E-state index in [9.17, 15) is 0 Å². The van der Waals surface area contributed by atoms with Gasteiger partial charge in [-0.05, 0) is 57.0 Å². The zero-order valence-corrected chi connectivity index (χ0v) is 13.0. The minimum Gasteiger partial charge on any atom is -0.489 e. The van der Waals surface area contributed by atoms with Gasteiger partial charge >= 0.3 is 0 Å². The zero-order chi connectivity index (χ0) is 14.1. The summed E-state index contributed by atoms with van der Waals surface area (Å²) in [6.07, 6.45) is 5.55. The molecule has 108 valence electrons. The van der Waals surface area contributed by atoms with E-state index < -0.39 is 0 Å². The second-order valence-corrected chi connectivity index (χ2v) is 6.39. The van der Waals surface area contributed by atoms with Gasteiger partial charge in [0, 0.05) is 6.54 Å². The van der Waals surface area contributed by atoms with Gasteiger partial charge in [-0.1, -0.05) is 18.9 Å². The van der Waals surface area contributed by atoms with E-state index in [1.54, 1.807) is 0 Å². The van der Waals surface area contributed by atoms with Gasteiger partial charge in [0.05, 0.1) is 11.6 Å². The smallest absolute Gasteiger partial charge is 0.178 e. The summed E-state index contributed by atoms with van der Waals surface area (Å²) in [4.78, 5) is 3.33. The molecule has 1 aromatic heterocycles. The van der Waals surface area contributed by atoms with Crippen LogP contribution in [-0.4, -0.2) is 15.7 Å². The van der Waals surface area contributed by atoms with Gasteiger partial charge in [-0.25, -0.2) is 0 Å². The molecular weight excluding hydrogens is 268 g/mol. The van der Waals surface area contributed by atoms with Crippen molar-refractivity contribution in [3.05, 3.63) is 23.0 Å². The second-order valence-electron chi connectivity index (χ2n) is 6.01. The van der Waals surface area contributed by atoms with Gasteiger partial charge in [0.2, 0.25) is 0 Å². The molecule has 1 aromatic carbocycles. The lowest BCUT2D eigenvalue weighted by molar-refractivity contribution is 0.245. The maximum absolute atomic E-state index is 5.87. The fourth-order valence-electron chi connectivity index (χ4n) is 3.14. The number of H-pyrrole nitrogens is 1. The third kappa shape index (κ3) is 2.62. The van der Waals surface area contributed by atoms with Gasteiger partial charge in [0.25, 0.3) is 0 Å². The van der Waals surface area contributed by atoms with Gasteiger partial charge in [0.15, 0.2) is 4.77 Å². The highest BCUT2D eigenvalue weighted by Crippen LogP contribution is 2.30. The molecule has 0 atom stereocenters. The number of benzene rings is 1. The molecule has 1 N–H and O–H groups in total. The van der Waals surface area contributed by atoms with Crippen molar-refractivity contribution in [3.63, 3.8) is 0 Å². The number of nitrogens with one attached hydrogen (secondary N) is 1. The number of ether oxygens (including phenoxy) is 1. The van der Waals surface area contributed by atoms with Crippen molar-refractivity contribution in [3.8, 4) is 5.75 Å². The standard InChI is InChI=1S/C16H22N2OS/c1-11(2)19-14-9-5-8-13-15(14)17-16(20)18(13)10-12-6-3-4-7-12/h5,8-9,11-12H,3-4,6-7,10H2,1-2H3,(H,17,20). The van der Waals surface area contributed by atoms with Gasteiger partial charge in [-0.15, -0.1) is 0 Å². The zero-order valence-electron chi connectivity index (χ0n) is 12.2. The average molecular weight is 290 g/mol. The fourth-order valence-corrected chi connectivity index (χ4v) is 3.41. The maximum Gasteiger partial charge on any atom is 0.178 e. The molecule has 1 fully saturated rings. The fraction of sp³-hybridized carbons (Fsp3) is 0.562. The van der Waals surface area contributed by atoms with Crippen LogP contribution >= 0.6 is 12.2 Å². The van der Waals surface area contributed by atoms with Crippen LogP contribution in [0.3, 0.4) is 0 Å². The molecule has 1 aliphatic rings. The van der Waals surface area contributed by atoms with E-state index in [4.69, 9.17) is 17.0 Å². The molecule has 1 heterocycles. The van der Waals surface area contributed by atoms with Gasteiger partial charge < -0.3 is 14.3 Å². The first-order chi connectivity index (χ1) is 9.65. The van der Waals surface area contributed by atoms with Crippen molar-refractivity contribution < 1.29 is 4.74 Å². The van der Waals surface area contributed by atoms with Crippen LogP contribution in [0.15, 0.2) is 18.2 Å². The molecular formula is C16H22N2OS. The molecule has 1 aliphatic carbocycles. The molecule has 0 saturated heterocycles. The lowest BCUT2D eigenvalue weighted by Crippen LogP contribution is -2.07. The molecule has 20 heavy (non-hydrogen) atoms. The summed E-state index contributed by atoms with van der Waals surface area (Å²) >= 11 is 5.51. The third-order valence-electron chi connectivity index (χ3n) is 4.05. The van der Waals surface area contributed by atoms with E-state index in [0.717, 1.165) is 28.5 Å². The third-order valence-corrected chi connectivity index (χ3v) is 4.37. The number of nitrogens with zero attached hydrogens (tertiary/aromatic N) is 1. The molecule has 4 heteroatoms. The molecule has 2 aromatic rings. The van der Waals surface area contributed by atoms with Crippen LogP contribution in [0.5, 0.6) is 5.75 Å². The number of aromatic nitrogens is 2. The van der Waals surface area contributed by atoms with E-state index >= 15 is 0 Å². The molecule has 3 rings (SSSR count). The summed E-state index contributed by atoms with van der Waals surface area (Å²) < 4.78 is 8.93. The molecule has 0 unspecified atom stereocenters. The molecule has 0 amide bonds. The molecule has 0 radical (unpaired) electrons. The van der Waals surface area contributed by atoms with Crippen LogP contribution in [0.2, 0.25) is 0 Å². The Hall–Kier alpha value is -1.29. The Morgan fingerprint density at radius 1 is 1.35 bits per heavy atom. The first-order valence-electron chi connectivity index (χ1n) is 7.53. The van der Waals surface area contributed by atoms with Crippen LogP contribution in [0.1, 0.15) is 39.5 Å². The van der Waals surface area contributed by atoms with E-state index in [1.807, 2.05) is 26.0 Å². The number of hydrogen-bond acceptors (Lipinski definition) is 2. The van der Waals surface area contributed by atoms with Crippen LogP contribution < -0.4 is 4.74 Å². The first-order valence-corrected chi connectivity index (χ1v) is 7.94. The second kappa shape index (κ2) is 5.60. The minimum absolute atomic E-state index is 0.167. The quantitative estimate of drug-likeness (QED) is 0.829. The Balaban J connectivity index is 2.00. The van der Waals surface area contributed by atoms with E-state index in [-0.39, 0.29) is 6.10 Å². The summed E-state index contributed by atoms with van der Waals surface area (Å²) in [5.41, 5.74) is 2.20. The predicted octanol–water partition coefficient (Wildman–Crippen LogP) is 4.68. The normalized spacial score (nSPS) is 16.4. The molecule has 0 aliphatic heterocycles.